The molecule has 0 saturated heterocycles. The second kappa shape index (κ2) is 10.8. The van der Waals surface area contributed by atoms with E-state index < -0.39 is 0 Å². The van der Waals surface area contributed by atoms with Crippen molar-refractivity contribution in [3.05, 3.63) is 94.8 Å². The number of carbonyl (C=O) groups excluding carboxylic acids is 1. The zero-order valence-electron chi connectivity index (χ0n) is 18.9. The molecule has 172 valence electrons. The van der Waals surface area contributed by atoms with Gasteiger partial charge in [0, 0.05) is 0 Å². The van der Waals surface area contributed by atoms with Gasteiger partial charge in [-0.3, -0.25) is 14.2 Å². The Morgan fingerprint density at radius 3 is 2.47 bits per heavy atom. The van der Waals surface area contributed by atoms with Crippen LogP contribution in [0.4, 0.5) is 0 Å². The van der Waals surface area contributed by atoms with Crippen LogP contribution in [0.1, 0.15) is 19.4 Å². The van der Waals surface area contributed by atoms with Crippen molar-refractivity contribution >= 4 is 34.3 Å². The molecule has 4 rings (SSSR count). The van der Waals surface area contributed by atoms with E-state index in [4.69, 9.17) is 4.74 Å². The Labute approximate surface area is 201 Å². The zero-order chi connectivity index (χ0) is 23.9. The van der Waals surface area contributed by atoms with Crippen LogP contribution in [0.5, 0.6) is 5.75 Å². The summed E-state index contributed by atoms with van der Waals surface area (Å²) >= 11 is 1.18. The summed E-state index contributed by atoms with van der Waals surface area (Å²) in [5.74, 6) is 0.474. The first-order valence-electron chi connectivity index (χ1n) is 10.8. The Morgan fingerprint density at radius 2 is 1.74 bits per heavy atom. The molecule has 0 aliphatic heterocycles. The molecule has 34 heavy (non-hydrogen) atoms. The molecule has 0 radical (unpaired) electrons. The number of nitrogens with zero attached hydrogens (tertiary/aromatic N) is 3. The van der Waals surface area contributed by atoms with Crippen molar-refractivity contribution in [3.8, 4) is 11.4 Å². The van der Waals surface area contributed by atoms with E-state index in [1.807, 2.05) is 62.4 Å². The molecular formula is C26H24N4O3S. The van der Waals surface area contributed by atoms with Crippen LogP contribution in [-0.2, 0) is 4.79 Å². The number of aromatic nitrogens is 2. The molecule has 8 heteroatoms. The van der Waals surface area contributed by atoms with Gasteiger partial charge in [-0.15, -0.1) is 0 Å². The van der Waals surface area contributed by atoms with Gasteiger partial charge in [0.2, 0.25) is 0 Å². The third kappa shape index (κ3) is 5.35. The van der Waals surface area contributed by atoms with E-state index in [-0.39, 0.29) is 17.2 Å². The molecule has 0 fully saturated rings. The third-order valence-electron chi connectivity index (χ3n) is 5.02. The summed E-state index contributed by atoms with van der Waals surface area (Å²) in [6.45, 7) is 4.30. The largest absolute Gasteiger partial charge is 0.494 e. The van der Waals surface area contributed by atoms with E-state index in [9.17, 15) is 9.59 Å². The fourth-order valence-corrected chi connectivity index (χ4v) is 4.15. The number of ether oxygens (including phenoxy) is 1. The molecule has 0 atom stereocenters. The third-order valence-corrected chi connectivity index (χ3v) is 5.96. The van der Waals surface area contributed by atoms with Gasteiger partial charge >= 0.3 is 0 Å². The second-order valence-corrected chi connectivity index (χ2v) is 8.31. The number of carbonyl (C=O) groups is 1. The maximum atomic E-state index is 13.3. The minimum absolute atomic E-state index is 0.0490. The van der Waals surface area contributed by atoms with Crippen LogP contribution in [0, 0.1) is 0 Å². The van der Waals surface area contributed by atoms with E-state index in [1.165, 1.54) is 16.3 Å². The first kappa shape index (κ1) is 23.3. The number of hydrazone groups is 1. The van der Waals surface area contributed by atoms with Gasteiger partial charge in [-0.05, 0) is 55.8 Å². The molecule has 7 nitrogen and oxygen atoms in total. The minimum atomic E-state index is -0.291. The maximum absolute atomic E-state index is 13.3. The lowest BCUT2D eigenvalue weighted by Crippen LogP contribution is -2.24. The van der Waals surface area contributed by atoms with E-state index in [0.717, 1.165) is 5.56 Å². The number of para-hydroxylation sites is 1. The SMILES string of the molecule is CCOc1ccc(-n2c(SCC(=O)NN=C(C)c3ccccc3)nc3ccccc3c2=O)cc1. The number of fused-ring (bicyclic) bond motifs is 1. The first-order chi connectivity index (χ1) is 16.6. The van der Waals surface area contributed by atoms with Crippen LogP contribution in [0.2, 0.25) is 0 Å². The summed E-state index contributed by atoms with van der Waals surface area (Å²) in [5, 5.41) is 5.11. The van der Waals surface area contributed by atoms with Crippen molar-refractivity contribution < 1.29 is 9.53 Å². The number of benzene rings is 3. The summed E-state index contributed by atoms with van der Waals surface area (Å²) in [6, 6.07) is 24.0. The zero-order valence-corrected chi connectivity index (χ0v) is 19.7. The van der Waals surface area contributed by atoms with E-state index in [2.05, 4.69) is 15.5 Å². The maximum Gasteiger partial charge on any atom is 0.266 e. The highest BCUT2D eigenvalue weighted by Crippen LogP contribution is 2.23. The molecule has 0 unspecified atom stereocenters. The first-order valence-corrected chi connectivity index (χ1v) is 11.8. The summed E-state index contributed by atoms with van der Waals surface area (Å²) in [4.78, 5) is 30.5. The Morgan fingerprint density at radius 1 is 1.03 bits per heavy atom. The number of hydrogen-bond donors (Lipinski definition) is 1. The van der Waals surface area contributed by atoms with Crippen LogP contribution in [-0.4, -0.2) is 33.5 Å². The molecule has 0 aliphatic rings. The highest BCUT2D eigenvalue weighted by Gasteiger charge is 2.15. The Hall–Kier alpha value is -3.91. The Balaban J connectivity index is 1.59. The lowest BCUT2D eigenvalue weighted by Gasteiger charge is -2.13. The van der Waals surface area contributed by atoms with Crippen LogP contribution in [0.15, 0.2) is 93.9 Å². The molecule has 0 saturated carbocycles. The number of amides is 1. The molecule has 1 heterocycles. The van der Waals surface area contributed by atoms with Crippen molar-refractivity contribution in [2.24, 2.45) is 5.10 Å². The lowest BCUT2D eigenvalue weighted by atomic mass is 10.1. The van der Waals surface area contributed by atoms with Crippen LogP contribution < -0.4 is 15.7 Å². The van der Waals surface area contributed by atoms with E-state index in [1.54, 1.807) is 30.3 Å². The second-order valence-electron chi connectivity index (χ2n) is 7.37. The van der Waals surface area contributed by atoms with Crippen molar-refractivity contribution in [1.82, 2.24) is 15.0 Å². The standard InChI is InChI=1S/C26H24N4O3S/c1-3-33-21-15-13-20(14-16-21)30-25(32)22-11-7-8-12-23(22)27-26(30)34-17-24(31)29-28-18(2)19-9-5-4-6-10-19/h4-16H,3,17H2,1-2H3,(H,29,31). The van der Waals surface area contributed by atoms with Crippen LogP contribution in [0.25, 0.3) is 16.6 Å². The van der Waals surface area contributed by atoms with E-state index >= 15 is 0 Å². The van der Waals surface area contributed by atoms with Gasteiger partial charge in [-0.25, -0.2) is 10.4 Å². The van der Waals surface area contributed by atoms with Crippen molar-refractivity contribution in [3.63, 3.8) is 0 Å². The summed E-state index contributed by atoms with van der Waals surface area (Å²) < 4.78 is 7.03. The number of rotatable bonds is 8. The quantitative estimate of drug-likeness (QED) is 0.178. The average Bonchev–Trinajstić information content (AvgIpc) is 2.87. The summed E-state index contributed by atoms with van der Waals surface area (Å²) in [5.41, 5.74) is 5.24. The van der Waals surface area contributed by atoms with E-state index in [0.29, 0.717) is 39.8 Å². The monoisotopic (exact) mass is 472 g/mol. The fourth-order valence-electron chi connectivity index (χ4n) is 3.35. The van der Waals surface area contributed by atoms with Gasteiger partial charge in [0.1, 0.15) is 5.75 Å². The van der Waals surface area contributed by atoms with Crippen molar-refractivity contribution in [2.45, 2.75) is 19.0 Å². The molecule has 0 bridgehead atoms. The smallest absolute Gasteiger partial charge is 0.266 e. The molecule has 0 aliphatic carbocycles. The van der Waals surface area contributed by atoms with Crippen molar-refractivity contribution in [1.29, 1.82) is 0 Å². The Bertz CT molecular complexity index is 1380. The Kier molecular flexibility index (Phi) is 7.39. The predicted molar refractivity (Wildman–Crippen MR) is 136 cm³/mol. The number of thioether (sulfide) groups is 1. The number of nitrogens with one attached hydrogen (secondary N) is 1. The number of hydrogen-bond acceptors (Lipinski definition) is 6. The average molecular weight is 473 g/mol. The fraction of sp³-hybridized carbons (Fsp3) is 0.154. The molecular weight excluding hydrogens is 448 g/mol. The van der Waals surface area contributed by atoms with Gasteiger partial charge in [-0.1, -0.05) is 54.2 Å². The summed E-state index contributed by atoms with van der Waals surface area (Å²) in [7, 11) is 0. The molecule has 3 aromatic carbocycles. The predicted octanol–water partition coefficient (Wildman–Crippen LogP) is 4.42. The van der Waals surface area contributed by atoms with Crippen LogP contribution in [0.3, 0.4) is 0 Å². The van der Waals surface area contributed by atoms with Gasteiger partial charge in [0.15, 0.2) is 5.16 Å². The van der Waals surface area contributed by atoms with Gasteiger partial charge < -0.3 is 4.74 Å². The topological polar surface area (TPSA) is 85.6 Å². The lowest BCUT2D eigenvalue weighted by molar-refractivity contribution is -0.118. The van der Waals surface area contributed by atoms with Crippen LogP contribution >= 0.6 is 11.8 Å². The van der Waals surface area contributed by atoms with Gasteiger partial charge in [0.25, 0.3) is 11.5 Å². The van der Waals surface area contributed by atoms with Gasteiger partial charge in [0.05, 0.1) is 34.7 Å². The molecule has 1 aromatic heterocycles. The summed E-state index contributed by atoms with van der Waals surface area (Å²) in [6.07, 6.45) is 0. The minimum Gasteiger partial charge on any atom is -0.494 e. The van der Waals surface area contributed by atoms with Crippen molar-refractivity contribution in [2.75, 3.05) is 12.4 Å². The molecule has 0 spiro atoms. The highest BCUT2D eigenvalue weighted by atomic mass is 32.2. The normalized spacial score (nSPS) is 11.4. The molecule has 1 amide bonds. The van der Waals surface area contributed by atoms with Gasteiger partial charge in [-0.2, -0.15) is 5.10 Å². The highest BCUT2D eigenvalue weighted by molar-refractivity contribution is 7.99. The molecule has 4 aromatic rings. The molecule has 1 N–H and O–H groups in total.